The molecule has 32 heavy (non-hydrogen) atoms. The summed E-state index contributed by atoms with van der Waals surface area (Å²) in [5.74, 6) is -0.166. The quantitative estimate of drug-likeness (QED) is 0.123. The third-order valence-corrected chi connectivity index (χ3v) is 6.09. The van der Waals surface area contributed by atoms with Gasteiger partial charge < -0.3 is 9.47 Å². The first kappa shape index (κ1) is 26.2. The summed E-state index contributed by atoms with van der Waals surface area (Å²) in [6.07, 6.45) is 9.76. The molecule has 2 aromatic carbocycles. The summed E-state index contributed by atoms with van der Waals surface area (Å²) in [4.78, 5) is 12.0. The van der Waals surface area contributed by atoms with Crippen LogP contribution in [0.25, 0.3) is 11.1 Å². The van der Waals surface area contributed by atoms with Crippen molar-refractivity contribution in [2.45, 2.75) is 77.5 Å². The van der Waals surface area contributed by atoms with E-state index < -0.39 is 11.3 Å². The number of ether oxygens (including phenoxy) is 2. The Morgan fingerprint density at radius 1 is 0.906 bits per heavy atom. The molecule has 5 heteroatoms. The molecule has 0 spiro atoms. The maximum absolute atomic E-state index is 14.5. The molecule has 0 amide bonds. The first-order valence-electron chi connectivity index (χ1n) is 11.8. The fraction of sp³-hybridized carbons (Fsp3) is 0.519. The van der Waals surface area contributed by atoms with Gasteiger partial charge in [-0.25, -0.2) is 4.39 Å². The highest BCUT2D eigenvalue weighted by atomic mass is 35.5. The Bertz CT molecular complexity index is 820. The van der Waals surface area contributed by atoms with Gasteiger partial charge in [-0.15, -0.1) is 11.6 Å². The first-order chi connectivity index (χ1) is 15.4. The van der Waals surface area contributed by atoms with Crippen molar-refractivity contribution in [2.75, 3.05) is 6.61 Å². The fourth-order valence-corrected chi connectivity index (χ4v) is 3.42. The highest BCUT2D eigenvalue weighted by molar-refractivity contribution is 6.30. The zero-order valence-electron chi connectivity index (χ0n) is 19.5. The van der Waals surface area contributed by atoms with Gasteiger partial charge in [-0.1, -0.05) is 83.9 Å². The number of carbonyl (C=O) groups is 1. The fourth-order valence-electron chi connectivity index (χ4n) is 3.38. The predicted octanol–water partition coefficient (Wildman–Crippen LogP) is 8.18. The number of unbranched alkanes of at least 4 members (excludes halogenated alkanes) is 7. The Labute approximate surface area is 197 Å². The number of carbonyl (C=O) groups excluding carboxylic acids is 1. The number of benzene rings is 2. The topological polar surface area (TPSA) is 35.5 Å². The van der Waals surface area contributed by atoms with Gasteiger partial charge in [-0.05, 0) is 47.7 Å². The van der Waals surface area contributed by atoms with Crippen molar-refractivity contribution in [2.24, 2.45) is 5.92 Å². The van der Waals surface area contributed by atoms with E-state index in [0.717, 1.165) is 24.0 Å². The van der Waals surface area contributed by atoms with E-state index in [-0.39, 0.29) is 17.5 Å². The molecule has 0 heterocycles. The maximum atomic E-state index is 14.5. The summed E-state index contributed by atoms with van der Waals surface area (Å²) >= 11 is 6.03. The van der Waals surface area contributed by atoms with Crippen LogP contribution in [0.3, 0.4) is 0 Å². The molecular formula is C27H36ClFO3. The molecular weight excluding hydrogens is 427 g/mol. The molecule has 0 aromatic heterocycles. The SMILES string of the molecule is CCCCCCCCCCOc1ccc(-c2ccc(OC(=O)C(Cl)C(C)C)cc2)cc1F. The second-order valence-corrected chi connectivity index (χ2v) is 9.03. The molecule has 3 nitrogen and oxygen atoms in total. The van der Waals surface area contributed by atoms with Crippen molar-refractivity contribution >= 4 is 17.6 Å². The van der Waals surface area contributed by atoms with E-state index in [1.165, 1.54) is 44.6 Å². The summed E-state index contributed by atoms with van der Waals surface area (Å²) in [6, 6.07) is 11.9. The van der Waals surface area contributed by atoms with Crippen LogP contribution < -0.4 is 9.47 Å². The largest absolute Gasteiger partial charge is 0.491 e. The molecule has 176 valence electrons. The predicted molar refractivity (Wildman–Crippen MR) is 130 cm³/mol. The summed E-state index contributed by atoms with van der Waals surface area (Å²) in [5.41, 5.74) is 1.56. The van der Waals surface area contributed by atoms with Crippen LogP contribution in [0.1, 0.15) is 72.1 Å². The molecule has 2 rings (SSSR count). The number of rotatable bonds is 14. The van der Waals surface area contributed by atoms with Gasteiger partial charge in [0.05, 0.1) is 6.61 Å². The third kappa shape index (κ3) is 8.82. The minimum absolute atomic E-state index is 0.0114. The molecule has 0 fully saturated rings. The highest BCUT2D eigenvalue weighted by Crippen LogP contribution is 2.28. The van der Waals surface area contributed by atoms with E-state index in [1.807, 2.05) is 19.9 Å². The minimum Gasteiger partial charge on any atom is -0.491 e. The second-order valence-electron chi connectivity index (χ2n) is 8.56. The van der Waals surface area contributed by atoms with E-state index in [9.17, 15) is 9.18 Å². The van der Waals surface area contributed by atoms with Crippen molar-refractivity contribution in [3.8, 4) is 22.6 Å². The molecule has 0 radical (unpaired) electrons. The molecule has 0 N–H and O–H groups in total. The number of hydrogen-bond acceptors (Lipinski definition) is 3. The lowest BCUT2D eigenvalue weighted by molar-refractivity contribution is -0.134. The zero-order valence-corrected chi connectivity index (χ0v) is 20.3. The minimum atomic E-state index is -0.692. The van der Waals surface area contributed by atoms with Gasteiger partial charge in [-0.3, -0.25) is 4.79 Å². The molecule has 0 saturated carbocycles. The number of halogens is 2. The average Bonchev–Trinajstić information content (AvgIpc) is 2.78. The van der Waals surface area contributed by atoms with Crippen molar-refractivity contribution in [3.63, 3.8) is 0 Å². The van der Waals surface area contributed by atoms with Gasteiger partial charge in [0.15, 0.2) is 11.6 Å². The van der Waals surface area contributed by atoms with Crippen LogP contribution in [0.15, 0.2) is 42.5 Å². The smallest absolute Gasteiger partial charge is 0.329 e. The summed E-state index contributed by atoms with van der Waals surface area (Å²) in [5, 5.41) is -0.692. The molecule has 0 saturated heterocycles. The summed E-state index contributed by atoms with van der Waals surface area (Å²) in [7, 11) is 0. The molecule has 1 atom stereocenters. The van der Waals surface area contributed by atoms with Crippen LogP contribution in [0.5, 0.6) is 11.5 Å². The van der Waals surface area contributed by atoms with Crippen LogP contribution in [-0.4, -0.2) is 18.0 Å². The number of esters is 1. The lowest BCUT2D eigenvalue weighted by Gasteiger charge is -2.13. The second kappa shape index (κ2) is 14.2. The lowest BCUT2D eigenvalue weighted by Crippen LogP contribution is -2.25. The number of hydrogen-bond donors (Lipinski definition) is 0. The zero-order chi connectivity index (χ0) is 23.3. The average molecular weight is 463 g/mol. The van der Waals surface area contributed by atoms with Gasteiger partial charge >= 0.3 is 5.97 Å². The Balaban J connectivity index is 1.80. The van der Waals surface area contributed by atoms with Crippen molar-refractivity contribution in [1.82, 2.24) is 0 Å². The van der Waals surface area contributed by atoms with E-state index in [4.69, 9.17) is 21.1 Å². The Morgan fingerprint density at radius 3 is 2.09 bits per heavy atom. The Kier molecular flexibility index (Phi) is 11.6. The monoisotopic (exact) mass is 462 g/mol. The van der Waals surface area contributed by atoms with Crippen LogP contribution >= 0.6 is 11.6 Å². The van der Waals surface area contributed by atoms with Crippen molar-refractivity contribution in [1.29, 1.82) is 0 Å². The molecule has 0 aliphatic carbocycles. The van der Waals surface area contributed by atoms with Crippen LogP contribution in [0.4, 0.5) is 4.39 Å². The van der Waals surface area contributed by atoms with Crippen molar-refractivity contribution < 1.29 is 18.7 Å². The number of alkyl halides is 1. The normalized spacial score (nSPS) is 12.1. The third-order valence-electron chi connectivity index (χ3n) is 5.40. The van der Waals surface area contributed by atoms with Gasteiger partial charge in [-0.2, -0.15) is 0 Å². The van der Waals surface area contributed by atoms with Gasteiger partial charge in [0.2, 0.25) is 0 Å². The standard InChI is InChI=1S/C27H36ClFO3/c1-4-5-6-7-8-9-10-11-18-31-25-17-14-22(19-24(25)29)21-12-15-23(16-13-21)32-27(30)26(28)20(2)3/h12-17,19-20,26H,4-11,18H2,1-3H3. The Hall–Kier alpha value is -2.07. The maximum Gasteiger partial charge on any atom is 0.329 e. The van der Waals surface area contributed by atoms with Crippen LogP contribution in [0.2, 0.25) is 0 Å². The van der Waals surface area contributed by atoms with Gasteiger partial charge in [0.1, 0.15) is 11.1 Å². The molecule has 0 aliphatic heterocycles. The van der Waals surface area contributed by atoms with Gasteiger partial charge in [0, 0.05) is 0 Å². The first-order valence-corrected chi connectivity index (χ1v) is 12.2. The Morgan fingerprint density at radius 2 is 1.50 bits per heavy atom. The van der Waals surface area contributed by atoms with E-state index in [1.54, 1.807) is 30.3 Å². The lowest BCUT2D eigenvalue weighted by atomic mass is 10.1. The van der Waals surface area contributed by atoms with E-state index in [2.05, 4.69) is 6.92 Å². The molecule has 0 aliphatic rings. The summed E-state index contributed by atoms with van der Waals surface area (Å²) < 4.78 is 25.4. The molecule has 2 aromatic rings. The van der Waals surface area contributed by atoms with Crippen LogP contribution in [-0.2, 0) is 4.79 Å². The van der Waals surface area contributed by atoms with Crippen molar-refractivity contribution in [3.05, 3.63) is 48.3 Å². The van der Waals surface area contributed by atoms with E-state index >= 15 is 0 Å². The van der Waals surface area contributed by atoms with E-state index in [0.29, 0.717) is 12.4 Å². The molecule has 1 unspecified atom stereocenters. The summed E-state index contributed by atoms with van der Waals surface area (Å²) in [6.45, 7) is 6.48. The molecule has 0 bridgehead atoms. The van der Waals surface area contributed by atoms with Gasteiger partial charge in [0.25, 0.3) is 0 Å². The van der Waals surface area contributed by atoms with Crippen LogP contribution in [0, 0.1) is 11.7 Å². The highest BCUT2D eigenvalue weighted by Gasteiger charge is 2.21.